The van der Waals surface area contributed by atoms with Gasteiger partial charge in [-0.05, 0) is 62.8 Å². The molecule has 0 saturated heterocycles. The first-order chi connectivity index (χ1) is 13.2. The summed E-state index contributed by atoms with van der Waals surface area (Å²) in [6.45, 7) is 4.12. The number of rotatable bonds is 14. The number of nitrogens with zero attached hydrogens (tertiary/aromatic N) is 1. The Labute approximate surface area is 165 Å². The highest BCUT2D eigenvalue weighted by Gasteiger charge is 2.13. The molecule has 0 unspecified atom stereocenters. The summed E-state index contributed by atoms with van der Waals surface area (Å²) >= 11 is 0. The Bertz CT molecular complexity index is 545. The van der Waals surface area contributed by atoms with Crippen molar-refractivity contribution in [1.29, 1.82) is 0 Å². The van der Waals surface area contributed by atoms with Gasteiger partial charge in [0.1, 0.15) is 11.5 Å². The standard InChI is InChI=1S/C24H36NO2/c1-25(2,19-11-5-13-21-26-23-15-7-3-8-16-23)20-12-6-14-22-27-24-17-9-4-10-18-24/h3-4,7-10,15-18H,5-6,11-14,19-22H2,1-2H3/q+1. The van der Waals surface area contributed by atoms with Crippen LogP contribution in [-0.4, -0.2) is 44.9 Å². The minimum absolute atomic E-state index is 0.818. The first kappa shape index (κ1) is 21.3. The summed E-state index contributed by atoms with van der Waals surface area (Å²) in [6, 6.07) is 20.2. The summed E-state index contributed by atoms with van der Waals surface area (Å²) in [5.41, 5.74) is 0. The second kappa shape index (κ2) is 12.4. The van der Waals surface area contributed by atoms with Crippen LogP contribution >= 0.6 is 0 Å². The van der Waals surface area contributed by atoms with Crippen LogP contribution in [0.25, 0.3) is 0 Å². The Balaban J connectivity index is 1.43. The fourth-order valence-corrected chi connectivity index (χ4v) is 3.16. The Kier molecular flexibility index (Phi) is 9.78. The minimum atomic E-state index is 0.818. The maximum absolute atomic E-state index is 5.76. The van der Waals surface area contributed by atoms with Gasteiger partial charge in [0.25, 0.3) is 0 Å². The van der Waals surface area contributed by atoms with E-state index in [1.54, 1.807) is 0 Å². The van der Waals surface area contributed by atoms with E-state index in [1.807, 2.05) is 60.7 Å². The van der Waals surface area contributed by atoms with Crippen molar-refractivity contribution >= 4 is 0 Å². The van der Waals surface area contributed by atoms with Crippen molar-refractivity contribution in [2.45, 2.75) is 38.5 Å². The van der Waals surface area contributed by atoms with Crippen molar-refractivity contribution in [3.63, 3.8) is 0 Å². The molecule has 2 rings (SSSR count). The van der Waals surface area contributed by atoms with Gasteiger partial charge in [0.05, 0.1) is 40.4 Å². The number of benzene rings is 2. The van der Waals surface area contributed by atoms with E-state index in [9.17, 15) is 0 Å². The predicted octanol–water partition coefficient (Wildman–Crippen LogP) is 5.56. The SMILES string of the molecule is C[N+](C)(CCCCCOc1ccccc1)CCCCCOc1ccccc1. The van der Waals surface area contributed by atoms with Crippen molar-refractivity contribution in [3.8, 4) is 11.5 Å². The third kappa shape index (κ3) is 10.0. The van der Waals surface area contributed by atoms with E-state index in [4.69, 9.17) is 9.47 Å². The number of ether oxygens (including phenoxy) is 2. The molecule has 0 radical (unpaired) electrons. The van der Waals surface area contributed by atoms with Crippen molar-refractivity contribution in [2.75, 3.05) is 40.4 Å². The fourth-order valence-electron chi connectivity index (χ4n) is 3.16. The highest BCUT2D eigenvalue weighted by atomic mass is 16.5. The Morgan fingerprint density at radius 2 is 0.963 bits per heavy atom. The molecule has 2 aromatic carbocycles. The molecule has 0 bridgehead atoms. The summed E-state index contributed by atoms with van der Waals surface area (Å²) in [5, 5.41) is 0. The van der Waals surface area contributed by atoms with Crippen LogP contribution < -0.4 is 9.47 Å². The molecule has 0 heterocycles. The van der Waals surface area contributed by atoms with Gasteiger partial charge in [0.15, 0.2) is 0 Å². The zero-order valence-corrected chi connectivity index (χ0v) is 17.1. The maximum Gasteiger partial charge on any atom is 0.119 e. The molecule has 3 nitrogen and oxygen atoms in total. The van der Waals surface area contributed by atoms with E-state index in [0.717, 1.165) is 42.0 Å². The van der Waals surface area contributed by atoms with Crippen LogP contribution in [0.3, 0.4) is 0 Å². The van der Waals surface area contributed by atoms with E-state index in [1.165, 1.54) is 38.8 Å². The lowest BCUT2D eigenvalue weighted by Crippen LogP contribution is -2.41. The van der Waals surface area contributed by atoms with Crippen LogP contribution in [0.4, 0.5) is 0 Å². The van der Waals surface area contributed by atoms with Gasteiger partial charge in [-0.1, -0.05) is 36.4 Å². The lowest BCUT2D eigenvalue weighted by atomic mass is 10.2. The molecule has 0 fully saturated rings. The Morgan fingerprint density at radius 1 is 0.556 bits per heavy atom. The van der Waals surface area contributed by atoms with Crippen LogP contribution in [0.5, 0.6) is 11.5 Å². The van der Waals surface area contributed by atoms with Crippen molar-refractivity contribution in [2.24, 2.45) is 0 Å². The minimum Gasteiger partial charge on any atom is -0.494 e. The van der Waals surface area contributed by atoms with Crippen LogP contribution in [-0.2, 0) is 0 Å². The molecule has 0 amide bonds. The normalized spacial score (nSPS) is 11.3. The lowest BCUT2D eigenvalue weighted by Gasteiger charge is -2.30. The van der Waals surface area contributed by atoms with Crippen molar-refractivity contribution in [3.05, 3.63) is 60.7 Å². The van der Waals surface area contributed by atoms with E-state index < -0.39 is 0 Å². The average Bonchev–Trinajstić information content (AvgIpc) is 2.69. The zero-order chi connectivity index (χ0) is 19.2. The molecule has 0 N–H and O–H groups in total. The van der Waals surface area contributed by atoms with Crippen LogP contribution in [0.15, 0.2) is 60.7 Å². The fraction of sp³-hybridized carbons (Fsp3) is 0.500. The number of hydrogen-bond donors (Lipinski definition) is 0. The zero-order valence-electron chi connectivity index (χ0n) is 17.1. The Hall–Kier alpha value is -2.00. The Morgan fingerprint density at radius 3 is 1.37 bits per heavy atom. The molecule has 0 aliphatic carbocycles. The number of quaternary nitrogens is 1. The first-order valence-electron chi connectivity index (χ1n) is 10.3. The molecule has 0 saturated carbocycles. The summed E-state index contributed by atoms with van der Waals surface area (Å²) in [6.07, 6.45) is 7.26. The summed E-state index contributed by atoms with van der Waals surface area (Å²) in [7, 11) is 4.70. The molecule has 3 heteroatoms. The quantitative estimate of drug-likeness (QED) is 0.320. The second-order valence-corrected chi connectivity index (χ2v) is 7.83. The third-order valence-corrected chi connectivity index (χ3v) is 4.84. The van der Waals surface area contributed by atoms with E-state index in [-0.39, 0.29) is 0 Å². The maximum atomic E-state index is 5.76. The summed E-state index contributed by atoms with van der Waals surface area (Å²) < 4.78 is 12.6. The van der Waals surface area contributed by atoms with Crippen molar-refractivity contribution in [1.82, 2.24) is 0 Å². The second-order valence-electron chi connectivity index (χ2n) is 7.83. The average molecular weight is 371 g/mol. The smallest absolute Gasteiger partial charge is 0.119 e. The lowest BCUT2D eigenvalue weighted by molar-refractivity contribution is -0.890. The molecule has 0 atom stereocenters. The summed E-state index contributed by atoms with van der Waals surface area (Å²) in [5.74, 6) is 1.95. The third-order valence-electron chi connectivity index (χ3n) is 4.84. The molecule has 0 aliphatic heterocycles. The van der Waals surface area contributed by atoms with Gasteiger partial charge in [-0.3, -0.25) is 0 Å². The van der Waals surface area contributed by atoms with E-state index in [0.29, 0.717) is 0 Å². The van der Waals surface area contributed by atoms with Gasteiger partial charge in [-0.2, -0.15) is 0 Å². The van der Waals surface area contributed by atoms with Crippen LogP contribution in [0.2, 0.25) is 0 Å². The molecule has 148 valence electrons. The number of para-hydroxylation sites is 2. The molecule has 27 heavy (non-hydrogen) atoms. The largest absolute Gasteiger partial charge is 0.494 e. The highest BCUT2D eigenvalue weighted by Crippen LogP contribution is 2.12. The van der Waals surface area contributed by atoms with E-state index in [2.05, 4.69) is 14.1 Å². The monoisotopic (exact) mass is 370 g/mol. The number of unbranched alkanes of at least 4 members (excludes halogenated alkanes) is 4. The molecular formula is C24H36NO2+. The van der Waals surface area contributed by atoms with Gasteiger partial charge >= 0.3 is 0 Å². The predicted molar refractivity (Wildman–Crippen MR) is 113 cm³/mol. The van der Waals surface area contributed by atoms with Gasteiger partial charge in [0.2, 0.25) is 0 Å². The number of hydrogen-bond acceptors (Lipinski definition) is 2. The molecule has 0 aliphatic rings. The topological polar surface area (TPSA) is 18.5 Å². The van der Waals surface area contributed by atoms with Gasteiger partial charge in [-0.25, -0.2) is 0 Å². The summed E-state index contributed by atoms with van der Waals surface area (Å²) in [4.78, 5) is 0. The molecular weight excluding hydrogens is 334 g/mol. The van der Waals surface area contributed by atoms with Crippen LogP contribution in [0.1, 0.15) is 38.5 Å². The van der Waals surface area contributed by atoms with E-state index >= 15 is 0 Å². The van der Waals surface area contributed by atoms with Crippen LogP contribution in [0, 0.1) is 0 Å². The first-order valence-corrected chi connectivity index (χ1v) is 10.3. The van der Waals surface area contributed by atoms with Gasteiger partial charge in [-0.15, -0.1) is 0 Å². The molecule has 0 aromatic heterocycles. The highest BCUT2D eigenvalue weighted by molar-refractivity contribution is 5.21. The van der Waals surface area contributed by atoms with Gasteiger partial charge in [0, 0.05) is 0 Å². The molecule has 2 aromatic rings. The van der Waals surface area contributed by atoms with Gasteiger partial charge < -0.3 is 14.0 Å². The van der Waals surface area contributed by atoms with Crippen molar-refractivity contribution < 1.29 is 14.0 Å². The molecule has 0 spiro atoms.